The average Bonchev–Trinajstić information content (AvgIpc) is 3.74. The Labute approximate surface area is 365 Å². The molecule has 3 aliphatic heterocycles. The van der Waals surface area contributed by atoms with Crippen molar-refractivity contribution in [1.29, 1.82) is 0 Å². The summed E-state index contributed by atoms with van der Waals surface area (Å²) in [5, 5.41) is 25.0. The number of likely N-dealkylation sites (N-methyl/N-ethyl adjacent to an activating group) is 1. The van der Waals surface area contributed by atoms with E-state index in [4.69, 9.17) is 15.4 Å². The molecule has 0 spiro atoms. The van der Waals surface area contributed by atoms with Crippen molar-refractivity contribution in [3.8, 4) is 0 Å². The molecule has 0 bridgehead atoms. The van der Waals surface area contributed by atoms with Crippen LogP contribution in [0.5, 0.6) is 0 Å². The van der Waals surface area contributed by atoms with Gasteiger partial charge in [0.25, 0.3) is 11.8 Å². The molecule has 5 rings (SSSR count). The maximum absolute atomic E-state index is 13.7. The summed E-state index contributed by atoms with van der Waals surface area (Å²) in [5.41, 5.74) is 5.22. The number of hydroxylamine groups is 2. The van der Waals surface area contributed by atoms with Gasteiger partial charge in [0.05, 0.1) is 22.4 Å². The predicted molar refractivity (Wildman–Crippen MR) is 231 cm³/mol. The largest absolute Gasteiger partial charge is 0.344 e. The second-order valence-corrected chi connectivity index (χ2v) is 19.0. The fourth-order valence-corrected chi connectivity index (χ4v) is 9.75. The molecule has 2 amide bonds. The number of anilines is 1. The van der Waals surface area contributed by atoms with Crippen molar-refractivity contribution >= 4 is 69.0 Å². The van der Waals surface area contributed by atoms with Crippen LogP contribution in [0.15, 0.2) is 94.4 Å². The topological polar surface area (TPSA) is 185 Å². The number of sulfonamides is 1. The van der Waals surface area contributed by atoms with E-state index in [9.17, 15) is 22.8 Å². The number of hydrogen-bond acceptors (Lipinski definition) is 15. The maximum Gasteiger partial charge on any atom is 0.333 e. The molecule has 0 unspecified atom stereocenters. The van der Waals surface area contributed by atoms with Crippen molar-refractivity contribution in [3.05, 3.63) is 95.8 Å². The molecular weight excluding hydrogens is 849 g/mol. The highest BCUT2D eigenvalue weighted by Crippen LogP contribution is 2.48. The number of amides is 2. The van der Waals surface area contributed by atoms with Crippen LogP contribution in [0.2, 0.25) is 0 Å². The summed E-state index contributed by atoms with van der Waals surface area (Å²) in [5.74, 6) is -1.27. The molecule has 0 radical (unpaired) electrons. The van der Waals surface area contributed by atoms with Crippen LogP contribution in [0.25, 0.3) is 0 Å². The summed E-state index contributed by atoms with van der Waals surface area (Å²) in [6, 6.07) is 11.1. The van der Waals surface area contributed by atoms with E-state index in [0.29, 0.717) is 17.4 Å². The molecule has 0 aliphatic carbocycles. The molecular formula is C42H53N4O12S3+. The number of unbranched alkanes of at least 4 members (excludes halogenated alkanes) is 1. The summed E-state index contributed by atoms with van der Waals surface area (Å²) in [6.45, 7) is 11.9. The zero-order valence-corrected chi connectivity index (χ0v) is 37.5. The van der Waals surface area contributed by atoms with Crippen LogP contribution < -0.4 is 4.90 Å². The van der Waals surface area contributed by atoms with E-state index in [0.717, 1.165) is 82.3 Å². The number of carbonyl (C=O) groups is 3. The fraction of sp³-hybridized carbons (Fsp3) is 0.429. The van der Waals surface area contributed by atoms with Gasteiger partial charge in [0.2, 0.25) is 15.7 Å². The Bertz CT molecular complexity index is 2200. The molecule has 0 atom stereocenters. The lowest BCUT2D eigenvalue weighted by Gasteiger charge is -2.25. The first-order chi connectivity index (χ1) is 29.1. The molecule has 2 aromatic carbocycles. The lowest BCUT2D eigenvalue weighted by atomic mass is 9.81. The normalized spacial score (nSPS) is 18.0. The van der Waals surface area contributed by atoms with Gasteiger partial charge in [-0.1, -0.05) is 54.3 Å². The standard InChI is InChI=1S/C42H52N4O12S3/c1-7-44-34-22-20-31(61(52,53)43(6)25-15-18-40(49)54-46-38(47)23-24-39(46)48)29-33(34)42(4,5)36(44)16-11-9-8-10-12-17-37-41(2,3)32-28-30(60-58-56-51)19-21-35(32)45(37)26-13-14-27-59-57-55-50/h8-12,16-17,19-22,28-29H,7,13-15,18,23-27H2,1-6H3,(H-,50,51)/p+1. The molecule has 2 aromatic rings. The molecule has 16 nitrogen and oxygen atoms in total. The third-order valence-electron chi connectivity index (χ3n) is 10.9. The molecule has 0 aromatic heterocycles. The molecule has 19 heteroatoms. The summed E-state index contributed by atoms with van der Waals surface area (Å²) in [4.78, 5) is 43.7. The zero-order valence-electron chi connectivity index (χ0n) is 35.1. The van der Waals surface area contributed by atoms with E-state index in [1.165, 1.54) is 11.4 Å². The Morgan fingerprint density at radius 1 is 0.902 bits per heavy atom. The molecule has 1 fully saturated rings. The Hall–Kier alpha value is -4.15. The lowest BCUT2D eigenvalue weighted by Crippen LogP contribution is -2.32. The summed E-state index contributed by atoms with van der Waals surface area (Å²) in [6.07, 6.45) is 15.6. The first-order valence-electron chi connectivity index (χ1n) is 19.8. The van der Waals surface area contributed by atoms with E-state index in [-0.39, 0.29) is 42.5 Å². The van der Waals surface area contributed by atoms with E-state index in [1.807, 2.05) is 67.6 Å². The Morgan fingerprint density at radius 2 is 1.61 bits per heavy atom. The van der Waals surface area contributed by atoms with Gasteiger partial charge in [-0.25, -0.2) is 28.0 Å². The number of allylic oxidation sites excluding steroid dienone is 8. The Morgan fingerprint density at radius 3 is 2.31 bits per heavy atom. The minimum absolute atomic E-state index is 0.00638. The highest BCUT2D eigenvalue weighted by Gasteiger charge is 2.44. The van der Waals surface area contributed by atoms with Gasteiger partial charge in [-0.3, -0.25) is 9.59 Å². The summed E-state index contributed by atoms with van der Waals surface area (Å²) in [7, 11) is -2.46. The molecule has 3 aliphatic rings. The molecule has 0 saturated carbocycles. The van der Waals surface area contributed by atoms with Gasteiger partial charge in [0, 0.05) is 103 Å². The molecule has 3 heterocycles. The highest BCUT2D eigenvalue weighted by atomic mass is 32.2. The van der Waals surface area contributed by atoms with Gasteiger partial charge >= 0.3 is 5.97 Å². The third kappa shape index (κ3) is 11.1. The second kappa shape index (κ2) is 21.3. The van der Waals surface area contributed by atoms with Crippen LogP contribution in [0, 0.1) is 0 Å². The van der Waals surface area contributed by atoms with Crippen LogP contribution >= 0.6 is 24.1 Å². The first-order valence-corrected chi connectivity index (χ1v) is 22.9. The number of rotatable bonds is 22. The monoisotopic (exact) mass is 901 g/mol. The Balaban J connectivity index is 1.25. The van der Waals surface area contributed by atoms with Crippen LogP contribution in [0.4, 0.5) is 11.4 Å². The van der Waals surface area contributed by atoms with Crippen molar-refractivity contribution in [1.82, 2.24) is 9.37 Å². The quantitative estimate of drug-likeness (QED) is 0.0223. The van der Waals surface area contributed by atoms with Gasteiger partial charge in [-0.2, -0.15) is 4.58 Å². The van der Waals surface area contributed by atoms with Gasteiger partial charge in [-0.05, 0) is 75.6 Å². The van der Waals surface area contributed by atoms with Gasteiger partial charge in [0.1, 0.15) is 6.54 Å². The van der Waals surface area contributed by atoms with Crippen molar-refractivity contribution in [2.24, 2.45) is 0 Å². The number of carbonyl (C=O) groups excluding carboxylic acids is 3. The number of imide groups is 1. The first kappa shape index (κ1) is 47.9. The van der Waals surface area contributed by atoms with Crippen molar-refractivity contribution in [3.63, 3.8) is 0 Å². The summed E-state index contributed by atoms with van der Waals surface area (Å²) >= 11 is 1.96. The predicted octanol–water partition coefficient (Wildman–Crippen LogP) is 7.72. The van der Waals surface area contributed by atoms with Crippen LogP contribution in [-0.2, 0) is 58.8 Å². The average molecular weight is 902 g/mol. The van der Waals surface area contributed by atoms with Crippen molar-refractivity contribution in [2.75, 3.05) is 37.3 Å². The number of hydrogen-bond donors (Lipinski definition) is 2. The molecule has 330 valence electrons. The van der Waals surface area contributed by atoms with Crippen LogP contribution in [0.3, 0.4) is 0 Å². The van der Waals surface area contributed by atoms with E-state index < -0.39 is 33.2 Å². The second-order valence-electron chi connectivity index (χ2n) is 15.4. The van der Waals surface area contributed by atoms with E-state index in [2.05, 4.69) is 62.0 Å². The number of benzene rings is 2. The lowest BCUT2D eigenvalue weighted by molar-refractivity contribution is -0.438. The minimum atomic E-state index is -3.91. The fourth-order valence-electron chi connectivity index (χ4n) is 7.68. The van der Waals surface area contributed by atoms with Gasteiger partial charge in [0.15, 0.2) is 5.71 Å². The van der Waals surface area contributed by atoms with Gasteiger partial charge in [-0.15, -0.1) is 13.7 Å². The minimum Gasteiger partial charge on any atom is -0.344 e. The SMILES string of the molecule is CCN1/C(=C/C=C/C=C/C=C/C2=[N+](CCCCSOOO)c3ccc(SOOO)cc3C2(C)C)C(C)(C)c2cc(S(=O)(=O)N(C)CCCC(=O)ON3C(=O)CCC3=O)ccc21. The number of nitrogens with zero attached hydrogens (tertiary/aromatic N) is 4. The molecule has 2 N–H and O–H groups in total. The van der Waals surface area contributed by atoms with E-state index >= 15 is 0 Å². The Kier molecular flexibility index (Phi) is 16.7. The van der Waals surface area contributed by atoms with Crippen LogP contribution in [-0.4, -0.2) is 88.8 Å². The van der Waals surface area contributed by atoms with Crippen molar-refractivity contribution in [2.45, 2.75) is 93.8 Å². The number of fused-ring (bicyclic) bond motifs is 2. The zero-order chi connectivity index (χ0) is 44.4. The smallest absolute Gasteiger partial charge is 0.333 e. The summed E-state index contributed by atoms with van der Waals surface area (Å²) < 4.78 is 40.0. The highest BCUT2D eigenvalue weighted by molar-refractivity contribution is 7.94. The van der Waals surface area contributed by atoms with E-state index in [1.54, 1.807) is 12.1 Å². The maximum atomic E-state index is 13.7. The van der Waals surface area contributed by atoms with Crippen molar-refractivity contribution < 1.29 is 61.5 Å². The van der Waals surface area contributed by atoms with Crippen LogP contribution in [0.1, 0.15) is 84.3 Å². The molecule has 1 saturated heterocycles. The molecule has 61 heavy (non-hydrogen) atoms. The van der Waals surface area contributed by atoms with Gasteiger partial charge < -0.3 is 9.74 Å². The third-order valence-corrected chi connectivity index (χ3v) is 13.9.